The highest BCUT2D eigenvalue weighted by Gasteiger charge is 2.02. The summed E-state index contributed by atoms with van der Waals surface area (Å²) in [7, 11) is 0. The quantitative estimate of drug-likeness (QED) is 0.764. The number of hydrogen-bond acceptors (Lipinski definition) is 1. The first-order valence-corrected chi connectivity index (χ1v) is 3.98. The predicted octanol–water partition coefficient (Wildman–Crippen LogP) is 2.33. The van der Waals surface area contributed by atoms with Crippen molar-refractivity contribution in [1.82, 2.24) is 0 Å². The highest BCUT2D eigenvalue weighted by molar-refractivity contribution is 5.63. The van der Waals surface area contributed by atoms with Crippen molar-refractivity contribution in [2.45, 2.75) is 6.42 Å². The summed E-state index contributed by atoms with van der Waals surface area (Å²) in [4.78, 5) is 0. The van der Waals surface area contributed by atoms with E-state index in [1.165, 1.54) is 12.1 Å². The van der Waals surface area contributed by atoms with Crippen molar-refractivity contribution in [1.29, 1.82) is 0 Å². The molecule has 0 bridgehead atoms. The van der Waals surface area contributed by atoms with Gasteiger partial charge in [0.05, 0.1) is 0 Å². The molecule has 0 heterocycles. The maximum absolute atomic E-state index is 12.7. The Morgan fingerprint density at radius 3 is 2.23 bits per heavy atom. The standard InChI is InChI=1S/C10H11F2N/c1-7(2-3-13)8-4-9(11)6-10(12)5-8/h4-6H,1-3,13H2. The monoisotopic (exact) mass is 183 g/mol. The van der Waals surface area contributed by atoms with E-state index in [1.807, 2.05) is 0 Å². The van der Waals surface area contributed by atoms with Crippen molar-refractivity contribution in [3.63, 3.8) is 0 Å². The van der Waals surface area contributed by atoms with E-state index in [0.717, 1.165) is 6.07 Å². The number of rotatable bonds is 3. The smallest absolute Gasteiger partial charge is 0.126 e. The minimum Gasteiger partial charge on any atom is -0.330 e. The topological polar surface area (TPSA) is 26.0 Å². The lowest BCUT2D eigenvalue weighted by Crippen LogP contribution is -1.99. The van der Waals surface area contributed by atoms with Crippen LogP contribution in [0.3, 0.4) is 0 Å². The van der Waals surface area contributed by atoms with Gasteiger partial charge in [0.15, 0.2) is 0 Å². The first kappa shape index (κ1) is 9.86. The van der Waals surface area contributed by atoms with Crippen LogP contribution in [0.25, 0.3) is 5.57 Å². The molecule has 0 fully saturated rings. The highest BCUT2D eigenvalue weighted by atomic mass is 19.1. The average Bonchev–Trinajstić information content (AvgIpc) is 2.03. The highest BCUT2D eigenvalue weighted by Crippen LogP contribution is 2.17. The van der Waals surface area contributed by atoms with Crippen LogP contribution in [0.15, 0.2) is 24.8 Å². The molecular formula is C10H11F2N. The lowest BCUT2D eigenvalue weighted by molar-refractivity contribution is 0.582. The van der Waals surface area contributed by atoms with Crippen LogP contribution in [-0.2, 0) is 0 Å². The molecule has 0 saturated carbocycles. The molecule has 0 aliphatic carbocycles. The number of nitrogens with two attached hydrogens (primary N) is 1. The fourth-order valence-electron chi connectivity index (χ4n) is 1.08. The number of benzene rings is 1. The molecule has 0 unspecified atom stereocenters. The van der Waals surface area contributed by atoms with Crippen molar-refractivity contribution in [3.05, 3.63) is 42.0 Å². The van der Waals surface area contributed by atoms with Crippen LogP contribution >= 0.6 is 0 Å². The summed E-state index contributed by atoms with van der Waals surface area (Å²) in [5.41, 5.74) is 6.42. The van der Waals surface area contributed by atoms with E-state index in [0.29, 0.717) is 24.1 Å². The van der Waals surface area contributed by atoms with Gasteiger partial charge >= 0.3 is 0 Å². The van der Waals surface area contributed by atoms with E-state index in [2.05, 4.69) is 6.58 Å². The minimum atomic E-state index is -0.590. The van der Waals surface area contributed by atoms with Crippen LogP contribution < -0.4 is 5.73 Å². The molecule has 0 aromatic heterocycles. The van der Waals surface area contributed by atoms with Crippen molar-refractivity contribution < 1.29 is 8.78 Å². The molecule has 0 spiro atoms. The van der Waals surface area contributed by atoms with Gasteiger partial charge in [0.2, 0.25) is 0 Å². The number of hydrogen-bond donors (Lipinski definition) is 1. The van der Waals surface area contributed by atoms with Gasteiger partial charge in [-0.1, -0.05) is 6.58 Å². The van der Waals surface area contributed by atoms with Gasteiger partial charge in [-0.3, -0.25) is 0 Å². The Morgan fingerprint density at radius 1 is 1.23 bits per heavy atom. The summed E-state index contributed by atoms with van der Waals surface area (Å²) >= 11 is 0. The maximum atomic E-state index is 12.7. The Kier molecular flexibility index (Phi) is 3.14. The van der Waals surface area contributed by atoms with Crippen molar-refractivity contribution in [3.8, 4) is 0 Å². The normalized spacial score (nSPS) is 10.1. The molecule has 0 saturated heterocycles. The fourth-order valence-corrected chi connectivity index (χ4v) is 1.08. The Labute approximate surface area is 75.9 Å². The van der Waals surface area contributed by atoms with Gasteiger partial charge in [0.25, 0.3) is 0 Å². The zero-order chi connectivity index (χ0) is 9.84. The summed E-state index contributed by atoms with van der Waals surface area (Å²) in [6.45, 7) is 4.11. The second kappa shape index (κ2) is 4.14. The van der Waals surface area contributed by atoms with Crippen LogP contribution in [0.5, 0.6) is 0 Å². The van der Waals surface area contributed by atoms with E-state index in [1.54, 1.807) is 0 Å². The molecule has 13 heavy (non-hydrogen) atoms. The minimum absolute atomic E-state index is 0.428. The third kappa shape index (κ3) is 2.63. The molecule has 0 atom stereocenters. The third-order valence-corrected chi connectivity index (χ3v) is 1.72. The average molecular weight is 183 g/mol. The van der Waals surface area contributed by atoms with Gasteiger partial charge in [-0.2, -0.15) is 0 Å². The summed E-state index contributed by atoms with van der Waals surface area (Å²) in [6, 6.07) is 3.33. The second-order valence-corrected chi connectivity index (χ2v) is 2.80. The fraction of sp³-hybridized carbons (Fsp3) is 0.200. The zero-order valence-electron chi connectivity index (χ0n) is 7.19. The Morgan fingerprint density at radius 2 is 1.77 bits per heavy atom. The number of halogens is 2. The van der Waals surface area contributed by atoms with Gasteiger partial charge in [-0.15, -0.1) is 0 Å². The molecule has 2 N–H and O–H groups in total. The van der Waals surface area contributed by atoms with Crippen molar-refractivity contribution in [2.24, 2.45) is 5.73 Å². The first-order chi connectivity index (χ1) is 6.13. The molecule has 70 valence electrons. The summed E-state index contributed by atoms with van der Waals surface area (Å²) in [6.07, 6.45) is 0.545. The third-order valence-electron chi connectivity index (χ3n) is 1.72. The van der Waals surface area contributed by atoms with Crippen LogP contribution in [0.4, 0.5) is 8.78 Å². The molecule has 1 nitrogen and oxygen atoms in total. The summed E-state index contributed by atoms with van der Waals surface area (Å²) in [5, 5.41) is 0. The second-order valence-electron chi connectivity index (χ2n) is 2.80. The van der Waals surface area contributed by atoms with E-state index < -0.39 is 11.6 Å². The van der Waals surface area contributed by atoms with E-state index in [4.69, 9.17) is 5.73 Å². The summed E-state index contributed by atoms with van der Waals surface area (Å²) < 4.78 is 25.4. The lowest BCUT2D eigenvalue weighted by Gasteiger charge is -2.04. The molecule has 1 aromatic carbocycles. The molecular weight excluding hydrogens is 172 g/mol. The predicted molar refractivity (Wildman–Crippen MR) is 49.1 cm³/mol. The maximum Gasteiger partial charge on any atom is 0.126 e. The SMILES string of the molecule is C=C(CCN)c1cc(F)cc(F)c1. The molecule has 3 heteroatoms. The van der Waals surface area contributed by atoms with Gasteiger partial charge in [0, 0.05) is 6.07 Å². The van der Waals surface area contributed by atoms with Gasteiger partial charge in [-0.25, -0.2) is 8.78 Å². The van der Waals surface area contributed by atoms with Crippen molar-refractivity contribution in [2.75, 3.05) is 6.54 Å². The molecule has 0 radical (unpaired) electrons. The van der Waals surface area contributed by atoms with E-state index in [9.17, 15) is 8.78 Å². The molecule has 1 aromatic rings. The first-order valence-electron chi connectivity index (χ1n) is 3.98. The van der Waals surface area contributed by atoms with Crippen LogP contribution in [0.2, 0.25) is 0 Å². The zero-order valence-corrected chi connectivity index (χ0v) is 7.19. The lowest BCUT2D eigenvalue weighted by atomic mass is 10.0. The largest absolute Gasteiger partial charge is 0.330 e. The van der Waals surface area contributed by atoms with E-state index >= 15 is 0 Å². The van der Waals surface area contributed by atoms with Crippen molar-refractivity contribution >= 4 is 5.57 Å². The Hall–Kier alpha value is -1.22. The van der Waals surface area contributed by atoms with E-state index in [-0.39, 0.29) is 0 Å². The summed E-state index contributed by atoms with van der Waals surface area (Å²) in [5.74, 6) is -1.18. The van der Waals surface area contributed by atoms with Gasteiger partial charge < -0.3 is 5.73 Å². The molecule has 0 aliphatic rings. The van der Waals surface area contributed by atoms with Crippen LogP contribution in [-0.4, -0.2) is 6.54 Å². The van der Waals surface area contributed by atoms with Crippen LogP contribution in [0.1, 0.15) is 12.0 Å². The van der Waals surface area contributed by atoms with Gasteiger partial charge in [-0.05, 0) is 36.2 Å². The molecule has 0 aliphatic heterocycles. The Bertz CT molecular complexity index is 300. The molecule has 1 rings (SSSR count). The van der Waals surface area contributed by atoms with Crippen LogP contribution in [0, 0.1) is 11.6 Å². The Balaban J connectivity index is 2.94. The van der Waals surface area contributed by atoms with Gasteiger partial charge in [0.1, 0.15) is 11.6 Å². The molecule has 0 amide bonds.